The van der Waals surface area contributed by atoms with E-state index in [1.807, 2.05) is 18.0 Å². The van der Waals surface area contributed by atoms with Crippen molar-refractivity contribution in [3.63, 3.8) is 0 Å². The number of imidazole rings is 1. The number of aliphatic hydroxyl groups excluding tert-OH is 2. The maximum absolute atomic E-state index is 13.6. The summed E-state index contributed by atoms with van der Waals surface area (Å²) in [5.74, 6) is 0.897. The largest absolute Gasteiger partial charge is 0.387 e. The molecule has 0 saturated carbocycles. The molecule has 1 saturated heterocycles. The lowest BCUT2D eigenvalue weighted by atomic mass is 10.1. The fourth-order valence-corrected chi connectivity index (χ4v) is 4.15. The Balaban J connectivity index is 1.31. The average Bonchev–Trinajstić information content (AvgIpc) is 3.52. The van der Waals surface area contributed by atoms with E-state index in [0.717, 1.165) is 5.56 Å². The number of halogens is 1. The fraction of sp³-hybridized carbons (Fsp3) is 0.391. The monoisotopic (exact) mass is 484 g/mol. The third-order valence-corrected chi connectivity index (χ3v) is 5.83. The summed E-state index contributed by atoms with van der Waals surface area (Å²) in [6.45, 7) is 2.42. The fourth-order valence-electron chi connectivity index (χ4n) is 4.15. The first kappa shape index (κ1) is 23.3. The molecule has 4 atom stereocenters. The predicted molar refractivity (Wildman–Crippen MR) is 121 cm³/mol. The second-order valence-electron chi connectivity index (χ2n) is 8.50. The molecule has 1 aromatic carbocycles. The highest BCUT2D eigenvalue weighted by atomic mass is 19.1. The summed E-state index contributed by atoms with van der Waals surface area (Å²) in [4.78, 5) is 14.9. The van der Waals surface area contributed by atoms with Gasteiger partial charge < -0.3 is 29.1 Å². The van der Waals surface area contributed by atoms with Gasteiger partial charge in [0.25, 0.3) is 0 Å². The molecule has 5 rings (SSSR count). The minimum absolute atomic E-state index is 0.0455. The second kappa shape index (κ2) is 9.66. The number of hydrogen-bond acceptors (Lipinski definition) is 10. The minimum atomic E-state index is -1.22. The molecule has 1 aliphatic heterocycles. The van der Waals surface area contributed by atoms with Crippen LogP contribution in [0.25, 0.3) is 11.2 Å². The Kier molecular flexibility index (Phi) is 6.43. The van der Waals surface area contributed by atoms with Crippen molar-refractivity contribution in [2.45, 2.75) is 44.6 Å². The van der Waals surface area contributed by atoms with Crippen molar-refractivity contribution in [1.29, 1.82) is 0 Å². The summed E-state index contributed by atoms with van der Waals surface area (Å²) < 4.78 is 31.7. The second-order valence-corrected chi connectivity index (χ2v) is 8.50. The third-order valence-electron chi connectivity index (χ3n) is 5.83. The Labute approximate surface area is 199 Å². The van der Waals surface area contributed by atoms with Crippen LogP contribution < -0.4 is 4.90 Å². The van der Waals surface area contributed by atoms with Crippen LogP contribution in [0.15, 0.2) is 47.5 Å². The van der Waals surface area contributed by atoms with Crippen LogP contribution in [-0.2, 0) is 22.6 Å². The quantitative estimate of drug-likeness (QED) is 0.381. The summed E-state index contributed by atoms with van der Waals surface area (Å²) in [6, 6.07) is 8.09. The number of aryl methyl sites for hydroxylation is 1. The minimum Gasteiger partial charge on any atom is -0.387 e. The number of rotatable bonds is 8. The lowest BCUT2D eigenvalue weighted by Crippen LogP contribution is -2.33. The molecule has 4 aromatic rings. The number of nitrogens with zero attached hydrogens (tertiary/aromatic N) is 6. The van der Waals surface area contributed by atoms with E-state index in [4.69, 9.17) is 14.0 Å². The Bertz CT molecular complexity index is 1310. The van der Waals surface area contributed by atoms with Crippen molar-refractivity contribution in [3.05, 3.63) is 65.8 Å². The highest BCUT2D eigenvalue weighted by Gasteiger charge is 2.44. The smallest absolute Gasteiger partial charge is 0.167 e. The maximum Gasteiger partial charge on any atom is 0.167 e. The first-order valence-corrected chi connectivity index (χ1v) is 11.1. The summed E-state index contributed by atoms with van der Waals surface area (Å²) in [6.07, 6.45) is -1.21. The molecule has 35 heavy (non-hydrogen) atoms. The molecule has 0 aliphatic carbocycles. The van der Waals surface area contributed by atoms with Gasteiger partial charge in [0, 0.05) is 19.7 Å². The van der Waals surface area contributed by atoms with Gasteiger partial charge in [-0.15, -0.1) is 0 Å². The van der Waals surface area contributed by atoms with Gasteiger partial charge in [0.2, 0.25) is 0 Å². The lowest BCUT2D eigenvalue weighted by Gasteiger charge is -2.19. The highest BCUT2D eigenvalue weighted by Crippen LogP contribution is 2.33. The van der Waals surface area contributed by atoms with Gasteiger partial charge in [-0.1, -0.05) is 17.3 Å². The molecule has 12 heteroatoms. The van der Waals surface area contributed by atoms with Gasteiger partial charge in [-0.05, 0) is 24.6 Å². The van der Waals surface area contributed by atoms with Gasteiger partial charge in [0.15, 0.2) is 23.2 Å². The van der Waals surface area contributed by atoms with Crippen LogP contribution in [0.3, 0.4) is 0 Å². The highest BCUT2D eigenvalue weighted by molar-refractivity contribution is 5.83. The molecule has 3 aromatic heterocycles. The van der Waals surface area contributed by atoms with Crippen molar-refractivity contribution in [2.24, 2.45) is 0 Å². The molecular weight excluding hydrogens is 459 g/mol. The van der Waals surface area contributed by atoms with E-state index >= 15 is 0 Å². The van der Waals surface area contributed by atoms with Crippen LogP contribution in [0.4, 0.5) is 10.2 Å². The number of fused-ring (bicyclic) bond motifs is 1. The molecule has 0 amide bonds. The van der Waals surface area contributed by atoms with Crippen molar-refractivity contribution in [1.82, 2.24) is 24.7 Å². The first-order valence-electron chi connectivity index (χ1n) is 11.1. The molecule has 11 nitrogen and oxygen atoms in total. The molecule has 0 spiro atoms. The zero-order valence-corrected chi connectivity index (χ0v) is 19.2. The maximum atomic E-state index is 13.6. The number of aromatic nitrogens is 5. The zero-order valence-electron chi connectivity index (χ0n) is 19.2. The third kappa shape index (κ3) is 4.73. The molecule has 1 aliphatic rings. The van der Waals surface area contributed by atoms with E-state index in [2.05, 4.69) is 20.1 Å². The molecular formula is C23H25FN6O5. The van der Waals surface area contributed by atoms with E-state index in [0.29, 0.717) is 35.0 Å². The van der Waals surface area contributed by atoms with Crippen LogP contribution in [-0.4, -0.2) is 66.9 Å². The van der Waals surface area contributed by atoms with Gasteiger partial charge in [0.1, 0.15) is 41.9 Å². The van der Waals surface area contributed by atoms with Crippen LogP contribution in [0.5, 0.6) is 0 Å². The average molecular weight is 484 g/mol. The Morgan fingerprint density at radius 2 is 2.03 bits per heavy atom. The standard InChI is InChI=1S/C23H25FN6O5/c1-13-6-16(28-35-13)9-33-10-17-19(31)20(32)23(34-17)30-12-27-18-21(25-11-26-22(18)30)29(2)8-14-4-3-5-15(24)7-14/h3-7,11-12,17,19-20,23,31-32H,8-10H2,1-2H3/t17-,19-,20-,23-/m1/s1. The summed E-state index contributed by atoms with van der Waals surface area (Å²) in [5.41, 5.74) is 2.31. The van der Waals surface area contributed by atoms with Crippen LogP contribution in [0, 0.1) is 12.7 Å². The van der Waals surface area contributed by atoms with E-state index in [9.17, 15) is 14.6 Å². The van der Waals surface area contributed by atoms with E-state index in [1.165, 1.54) is 24.8 Å². The van der Waals surface area contributed by atoms with Gasteiger partial charge in [0.05, 0.1) is 19.5 Å². The van der Waals surface area contributed by atoms with Crippen LogP contribution >= 0.6 is 0 Å². The number of aliphatic hydroxyl groups is 2. The number of anilines is 1. The van der Waals surface area contributed by atoms with E-state index in [1.54, 1.807) is 23.6 Å². The molecule has 184 valence electrons. The predicted octanol–water partition coefficient (Wildman–Crippen LogP) is 1.73. The van der Waals surface area contributed by atoms with Crippen LogP contribution in [0.2, 0.25) is 0 Å². The SMILES string of the molecule is Cc1cc(COC[C@H]2O[C@@H](n3cnc4c(N(C)Cc5cccc(F)c5)ncnc43)[C@H](O)[C@@H]2O)no1. The lowest BCUT2D eigenvalue weighted by molar-refractivity contribution is -0.0687. The number of ether oxygens (including phenoxy) is 2. The molecule has 1 fully saturated rings. The van der Waals surface area contributed by atoms with Crippen molar-refractivity contribution < 1.29 is 28.6 Å². The summed E-state index contributed by atoms with van der Waals surface area (Å²) in [5, 5.41) is 25.1. The molecule has 0 radical (unpaired) electrons. The van der Waals surface area contributed by atoms with Gasteiger partial charge in [-0.3, -0.25) is 4.57 Å². The van der Waals surface area contributed by atoms with Crippen LogP contribution in [0.1, 0.15) is 23.2 Å². The molecule has 2 N–H and O–H groups in total. The Morgan fingerprint density at radius 1 is 1.17 bits per heavy atom. The number of benzene rings is 1. The van der Waals surface area contributed by atoms with Gasteiger partial charge in [-0.2, -0.15) is 0 Å². The number of hydrogen-bond donors (Lipinski definition) is 2. The Morgan fingerprint density at radius 3 is 2.80 bits per heavy atom. The van der Waals surface area contributed by atoms with Crippen molar-refractivity contribution in [2.75, 3.05) is 18.6 Å². The zero-order chi connectivity index (χ0) is 24.5. The molecule has 4 heterocycles. The van der Waals surface area contributed by atoms with E-state index < -0.39 is 24.5 Å². The summed E-state index contributed by atoms with van der Waals surface area (Å²) in [7, 11) is 1.82. The van der Waals surface area contributed by atoms with Gasteiger partial charge in [-0.25, -0.2) is 19.3 Å². The van der Waals surface area contributed by atoms with E-state index in [-0.39, 0.29) is 19.0 Å². The van der Waals surface area contributed by atoms with Crippen molar-refractivity contribution in [3.8, 4) is 0 Å². The Hall–Kier alpha value is -3.45. The normalized spacial score (nSPS) is 22.2. The molecule has 0 bridgehead atoms. The topological polar surface area (TPSA) is 132 Å². The molecule has 0 unspecified atom stereocenters. The first-order chi connectivity index (χ1) is 16.9. The van der Waals surface area contributed by atoms with Crippen molar-refractivity contribution >= 4 is 17.0 Å². The summed E-state index contributed by atoms with van der Waals surface area (Å²) >= 11 is 0. The van der Waals surface area contributed by atoms with Gasteiger partial charge >= 0.3 is 0 Å².